The van der Waals surface area contributed by atoms with Gasteiger partial charge in [0.1, 0.15) is 5.76 Å². The Bertz CT molecular complexity index is 924. The third kappa shape index (κ3) is 6.29. The van der Waals surface area contributed by atoms with Crippen LogP contribution >= 0.6 is 0 Å². The van der Waals surface area contributed by atoms with Crippen molar-refractivity contribution in [3.63, 3.8) is 0 Å². The van der Waals surface area contributed by atoms with E-state index in [9.17, 15) is 18.0 Å². The van der Waals surface area contributed by atoms with Crippen LogP contribution in [0.2, 0.25) is 0 Å². The lowest BCUT2D eigenvalue weighted by Crippen LogP contribution is -2.52. The summed E-state index contributed by atoms with van der Waals surface area (Å²) >= 11 is 0. The molecule has 0 bridgehead atoms. The minimum atomic E-state index is -4.70. The highest BCUT2D eigenvalue weighted by molar-refractivity contribution is 5.75. The molecule has 2 aliphatic heterocycles. The third-order valence-corrected chi connectivity index (χ3v) is 6.20. The number of urea groups is 1. The highest BCUT2D eigenvalue weighted by Crippen LogP contribution is 2.38. The first-order chi connectivity index (χ1) is 16.2. The van der Waals surface area contributed by atoms with E-state index in [1.165, 1.54) is 6.08 Å². The van der Waals surface area contributed by atoms with Gasteiger partial charge in [0.25, 0.3) is 0 Å². The first-order valence-corrected chi connectivity index (χ1v) is 11.4. The fourth-order valence-corrected chi connectivity index (χ4v) is 4.63. The summed E-state index contributed by atoms with van der Waals surface area (Å²) in [6, 6.07) is -0.0703. The fraction of sp³-hybridized carbons (Fsp3) is 0.682. The molecule has 1 aromatic rings. The lowest BCUT2D eigenvalue weighted by molar-refractivity contribution is -0.306. The molecule has 1 aliphatic carbocycles. The Morgan fingerprint density at radius 1 is 1.12 bits per heavy atom. The van der Waals surface area contributed by atoms with Crippen LogP contribution in [0.15, 0.2) is 27.9 Å². The summed E-state index contributed by atoms with van der Waals surface area (Å²) in [6.07, 6.45) is -0.347. The summed E-state index contributed by atoms with van der Waals surface area (Å²) < 4.78 is 53.0. The van der Waals surface area contributed by atoms with Crippen molar-refractivity contribution in [1.29, 1.82) is 0 Å². The number of allylic oxidation sites excluding steroid dienone is 3. The zero-order chi connectivity index (χ0) is 24.3. The van der Waals surface area contributed by atoms with E-state index in [4.69, 9.17) is 9.15 Å². The molecule has 12 heteroatoms. The number of hydrogen-bond acceptors (Lipinski definition) is 7. The standard InChI is InChI=1S/C22H30F3N5O4/c1-28(2)14-19-26-27-20(33-19)17-11-16(15-3-5-18(6-4-15)34-22(23,24)25)12-30(13-17)21(31)29-7-9-32-10-8-29/h3,5,16-17H,4,6-14H2,1-2H3. The average Bonchev–Trinajstić information content (AvgIpc) is 3.26. The molecule has 9 nitrogen and oxygen atoms in total. The number of hydrogen-bond donors (Lipinski definition) is 0. The largest absolute Gasteiger partial charge is 0.572 e. The maximum absolute atomic E-state index is 13.3. The van der Waals surface area contributed by atoms with Crippen molar-refractivity contribution in [2.24, 2.45) is 5.92 Å². The van der Waals surface area contributed by atoms with Crippen LogP contribution in [0.5, 0.6) is 0 Å². The van der Waals surface area contributed by atoms with Crippen LogP contribution in [0.4, 0.5) is 18.0 Å². The van der Waals surface area contributed by atoms with Crippen LogP contribution in [-0.4, -0.2) is 90.8 Å². The molecule has 2 atom stereocenters. The van der Waals surface area contributed by atoms with Crippen molar-refractivity contribution < 1.29 is 31.9 Å². The Balaban J connectivity index is 1.53. The number of carbonyl (C=O) groups is 1. The fourth-order valence-electron chi connectivity index (χ4n) is 4.63. The highest BCUT2D eigenvalue weighted by Gasteiger charge is 2.38. The first-order valence-electron chi connectivity index (χ1n) is 11.4. The summed E-state index contributed by atoms with van der Waals surface area (Å²) in [4.78, 5) is 18.8. The number of morpholine rings is 1. The van der Waals surface area contributed by atoms with Gasteiger partial charge in [0.15, 0.2) is 0 Å². The van der Waals surface area contributed by atoms with Gasteiger partial charge in [0.2, 0.25) is 11.8 Å². The molecule has 2 amide bonds. The number of carbonyl (C=O) groups excluding carboxylic acids is 1. The van der Waals surface area contributed by atoms with Crippen LogP contribution in [0, 0.1) is 5.92 Å². The van der Waals surface area contributed by atoms with E-state index in [1.54, 1.807) is 15.9 Å². The van der Waals surface area contributed by atoms with E-state index in [0.29, 0.717) is 70.6 Å². The molecule has 2 fully saturated rings. The number of halogens is 3. The molecule has 2 saturated heterocycles. The average molecular weight is 486 g/mol. The predicted octanol–water partition coefficient (Wildman–Crippen LogP) is 3.13. The number of amides is 2. The van der Waals surface area contributed by atoms with Crippen molar-refractivity contribution in [1.82, 2.24) is 24.9 Å². The van der Waals surface area contributed by atoms with Crippen LogP contribution < -0.4 is 0 Å². The van der Waals surface area contributed by atoms with Gasteiger partial charge >= 0.3 is 12.4 Å². The van der Waals surface area contributed by atoms with Crippen molar-refractivity contribution >= 4 is 6.03 Å². The number of rotatable bonds is 5. The minimum Gasteiger partial charge on any atom is -0.424 e. The molecule has 0 N–H and O–H groups in total. The molecule has 3 aliphatic rings. The number of alkyl halides is 3. The van der Waals surface area contributed by atoms with E-state index < -0.39 is 6.36 Å². The second-order valence-corrected chi connectivity index (χ2v) is 9.11. The maximum atomic E-state index is 13.3. The zero-order valence-corrected chi connectivity index (χ0v) is 19.4. The van der Waals surface area contributed by atoms with E-state index in [-0.39, 0.29) is 30.0 Å². The van der Waals surface area contributed by atoms with Gasteiger partial charge in [-0.25, -0.2) is 4.79 Å². The van der Waals surface area contributed by atoms with Crippen molar-refractivity contribution in [2.75, 3.05) is 53.5 Å². The molecule has 3 heterocycles. The number of likely N-dealkylation sites (tertiary alicyclic amines) is 1. The number of aromatic nitrogens is 2. The summed E-state index contributed by atoms with van der Waals surface area (Å²) in [6.45, 7) is 3.51. The monoisotopic (exact) mass is 485 g/mol. The first kappa shape index (κ1) is 24.5. The predicted molar refractivity (Wildman–Crippen MR) is 114 cm³/mol. The van der Waals surface area contributed by atoms with Crippen LogP contribution in [-0.2, 0) is 16.0 Å². The van der Waals surface area contributed by atoms with Crippen LogP contribution in [0.3, 0.4) is 0 Å². The molecular formula is C22H30F3N5O4. The van der Waals surface area contributed by atoms with Gasteiger partial charge in [-0.3, -0.25) is 0 Å². The van der Waals surface area contributed by atoms with Gasteiger partial charge in [0.05, 0.1) is 25.7 Å². The summed E-state index contributed by atoms with van der Waals surface area (Å²) in [7, 11) is 3.81. The third-order valence-electron chi connectivity index (χ3n) is 6.20. The van der Waals surface area contributed by atoms with Crippen molar-refractivity contribution in [3.8, 4) is 0 Å². The summed E-state index contributed by atoms with van der Waals surface area (Å²) in [5, 5.41) is 8.38. The van der Waals surface area contributed by atoms with Gasteiger partial charge in [-0.05, 0) is 38.9 Å². The molecule has 0 spiro atoms. The second-order valence-electron chi connectivity index (χ2n) is 9.11. The van der Waals surface area contributed by atoms with Crippen LogP contribution in [0.1, 0.15) is 37.0 Å². The highest BCUT2D eigenvalue weighted by atomic mass is 19.4. The van der Waals surface area contributed by atoms with Crippen molar-refractivity contribution in [2.45, 2.75) is 38.1 Å². The van der Waals surface area contributed by atoms with Gasteiger partial charge in [-0.2, -0.15) is 0 Å². The quantitative estimate of drug-likeness (QED) is 0.634. The summed E-state index contributed by atoms with van der Waals surface area (Å²) in [5.74, 6) is 0.688. The molecule has 0 radical (unpaired) electrons. The smallest absolute Gasteiger partial charge is 0.424 e. The number of ether oxygens (including phenoxy) is 2. The SMILES string of the molecule is CN(C)Cc1nnc(C2CC(C3=CC=C(OC(F)(F)F)CC3)CN(C(=O)N3CCOCC3)C2)o1. The van der Waals surface area contributed by atoms with E-state index in [1.807, 2.05) is 19.0 Å². The van der Waals surface area contributed by atoms with Crippen molar-refractivity contribution in [3.05, 3.63) is 35.3 Å². The second kappa shape index (κ2) is 10.3. The zero-order valence-electron chi connectivity index (χ0n) is 19.4. The lowest BCUT2D eigenvalue weighted by Gasteiger charge is -2.41. The molecular weight excluding hydrogens is 455 g/mol. The normalized spacial score (nSPS) is 24.2. The maximum Gasteiger partial charge on any atom is 0.572 e. The van der Waals surface area contributed by atoms with E-state index >= 15 is 0 Å². The van der Waals surface area contributed by atoms with E-state index in [2.05, 4.69) is 14.9 Å². The van der Waals surface area contributed by atoms with Gasteiger partial charge in [0, 0.05) is 32.6 Å². The molecule has 0 aromatic carbocycles. The Hall–Kier alpha value is -2.60. The number of piperidine rings is 1. The van der Waals surface area contributed by atoms with Gasteiger partial charge in [-0.15, -0.1) is 23.4 Å². The molecule has 1 aromatic heterocycles. The van der Waals surface area contributed by atoms with Gasteiger partial charge < -0.3 is 28.6 Å². The molecule has 34 heavy (non-hydrogen) atoms. The lowest BCUT2D eigenvalue weighted by atomic mass is 9.81. The number of nitrogens with zero attached hydrogens (tertiary/aromatic N) is 5. The van der Waals surface area contributed by atoms with Gasteiger partial charge in [-0.1, -0.05) is 11.6 Å². The Morgan fingerprint density at radius 3 is 2.50 bits per heavy atom. The topological polar surface area (TPSA) is 84.2 Å². The molecule has 0 saturated carbocycles. The van der Waals surface area contributed by atoms with E-state index in [0.717, 1.165) is 5.57 Å². The Labute approximate surface area is 196 Å². The molecule has 4 rings (SSSR count). The summed E-state index contributed by atoms with van der Waals surface area (Å²) in [5.41, 5.74) is 0.993. The molecule has 2 unspecified atom stereocenters. The van der Waals surface area contributed by atoms with Crippen LogP contribution in [0.25, 0.3) is 0 Å². The molecule has 188 valence electrons. The Kier molecular flexibility index (Phi) is 7.46. The minimum absolute atomic E-state index is 0.0309. The Morgan fingerprint density at radius 2 is 1.85 bits per heavy atom.